The lowest BCUT2D eigenvalue weighted by molar-refractivity contribution is 0.270. The number of rotatable bonds is 8. The van der Waals surface area contributed by atoms with E-state index in [9.17, 15) is 14.3 Å². The molecule has 10 heteroatoms. The van der Waals surface area contributed by atoms with Crippen LogP contribution in [0.2, 0.25) is 0 Å². The van der Waals surface area contributed by atoms with E-state index in [1.54, 1.807) is 18.6 Å². The van der Waals surface area contributed by atoms with Gasteiger partial charge in [0.15, 0.2) is 11.6 Å². The summed E-state index contributed by atoms with van der Waals surface area (Å²) in [6.07, 6.45) is 5.35. The summed E-state index contributed by atoms with van der Waals surface area (Å²) in [5.74, 6) is 1.27. The van der Waals surface area contributed by atoms with Crippen molar-refractivity contribution in [2.45, 2.75) is 32.2 Å². The van der Waals surface area contributed by atoms with Crippen LogP contribution in [0.15, 0.2) is 78.0 Å². The molecule has 0 radical (unpaired) electrons. The standard InChI is InChI=1S/C34H35FN6O3/c1-22(18-42)25-4-2-3-5-26(25)27-15-24(35)7-9-30(27)44-31-16-36-21-37-32(31)41-13-11-34(20-41)10-12-40(19-34)17-23-6-8-28-29(14-23)39-33(43)38-28/h2-9,14-16,21-22,42H,10-13,17-20H2,1H3,(H2,38,39,43). The first-order valence-corrected chi connectivity index (χ1v) is 15.1. The summed E-state index contributed by atoms with van der Waals surface area (Å²) in [6, 6.07) is 18.3. The molecule has 3 N–H and O–H groups in total. The van der Waals surface area contributed by atoms with Gasteiger partial charge in [-0.25, -0.2) is 19.2 Å². The Morgan fingerprint density at radius 3 is 2.73 bits per heavy atom. The van der Waals surface area contributed by atoms with Crippen LogP contribution in [0, 0.1) is 11.2 Å². The number of nitrogens with one attached hydrogen (secondary N) is 2. The Hall–Kier alpha value is -4.54. The Balaban J connectivity index is 1.10. The predicted octanol–water partition coefficient (Wildman–Crippen LogP) is 5.44. The highest BCUT2D eigenvalue weighted by Crippen LogP contribution is 2.44. The number of benzene rings is 3. The average Bonchev–Trinajstić information content (AvgIpc) is 3.75. The highest BCUT2D eigenvalue weighted by atomic mass is 19.1. The molecule has 0 amide bonds. The van der Waals surface area contributed by atoms with E-state index in [-0.39, 0.29) is 29.4 Å². The monoisotopic (exact) mass is 594 g/mol. The maximum Gasteiger partial charge on any atom is 0.323 e. The Morgan fingerprint density at radius 1 is 1.00 bits per heavy atom. The van der Waals surface area contributed by atoms with Crippen LogP contribution in [0.3, 0.4) is 0 Å². The van der Waals surface area contributed by atoms with Crippen LogP contribution in [0.25, 0.3) is 22.2 Å². The number of halogens is 1. The van der Waals surface area contributed by atoms with Crippen molar-refractivity contribution in [1.82, 2.24) is 24.8 Å². The number of anilines is 1. The fraction of sp³-hybridized carbons (Fsp3) is 0.324. The fourth-order valence-electron chi connectivity index (χ4n) is 6.86. The molecule has 7 rings (SSSR count). The fourth-order valence-corrected chi connectivity index (χ4v) is 6.86. The molecule has 9 nitrogen and oxygen atoms in total. The highest BCUT2D eigenvalue weighted by molar-refractivity contribution is 5.76. The summed E-state index contributed by atoms with van der Waals surface area (Å²) in [7, 11) is 0. The maximum absolute atomic E-state index is 14.6. The van der Waals surface area contributed by atoms with Gasteiger partial charge in [-0.1, -0.05) is 37.3 Å². The molecule has 44 heavy (non-hydrogen) atoms. The van der Waals surface area contributed by atoms with Crippen LogP contribution in [0.1, 0.15) is 36.8 Å². The Kier molecular flexibility index (Phi) is 7.39. The summed E-state index contributed by atoms with van der Waals surface area (Å²) in [5, 5.41) is 9.85. The number of fused-ring (bicyclic) bond motifs is 1. The highest BCUT2D eigenvalue weighted by Gasteiger charge is 2.44. The zero-order valence-corrected chi connectivity index (χ0v) is 24.6. The zero-order chi connectivity index (χ0) is 30.3. The summed E-state index contributed by atoms with van der Waals surface area (Å²) in [5.41, 5.74) is 5.14. The van der Waals surface area contributed by atoms with Crippen LogP contribution in [-0.2, 0) is 6.54 Å². The van der Waals surface area contributed by atoms with Crippen molar-refractivity contribution in [3.8, 4) is 22.6 Å². The molecule has 226 valence electrons. The molecule has 2 atom stereocenters. The first-order chi connectivity index (χ1) is 21.4. The lowest BCUT2D eigenvalue weighted by Crippen LogP contribution is -2.31. The first-order valence-electron chi connectivity index (χ1n) is 15.1. The van der Waals surface area contributed by atoms with Crippen molar-refractivity contribution >= 4 is 16.9 Å². The van der Waals surface area contributed by atoms with Crippen molar-refractivity contribution in [1.29, 1.82) is 0 Å². The third-order valence-corrected chi connectivity index (χ3v) is 9.12. The molecular weight excluding hydrogens is 559 g/mol. The van der Waals surface area contributed by atoms with Gasteiger partial charge >= 0.3 is 5.69 Å². The van der Waals surface area contributed by atoms with Crippen LogP contribution in [0.5, 0.6) is 11.5 Å². The number of hydrogen-bond acceptors (Lipinski definition) is 7. The van der Waals surface area contributed by atoms with Gasteiger partial charge in [-0.05, 0) is 66.4 Å². The van der Waals surface area contributed by atoms with E-state index in [0.717, 1.165) is 73.5 Å². The normalized spacial score (nSPS) is 19.3. The lowest BCUT2D eigenvalue weighted by atomic mass is 9.86. The lowest BCUT2D eigenvalue weighted by Gasteiger charge is -2.26. The second-order valence-electron chi connectivity index (χ2n) is 12.2. The SMILES string of the molecule is CC(CO)c1ccccc1-c1cc(F)ccc1Oc1cncnc1N1CCC2(CCN(Cc3ccc4[nH]c(=O)[nH]c4c3)C2)C1. The Labute approximate surface area is 254 Å². The number of hydrogen-bond donors (Lipinski definition) is 3. The number of aliphatic hydroxyl groups excluding tert-OH is 1. The van der Waals surface area contributed by atoms with Crippen LogP contribution in [-0.4, -0.2) is 62.7 Å². The zero-order valence-electron chi connectivity index (χ0n) is 24.6. The van der Waals surface area contributed by atoms with Gasteiger partial charge in [-0.15, -0.1) is 0 Å². The molecule has 2 aliphatic heterocycles. The molecule has 4 heterocycles. The van der Waals surface area contributed by atoms with E-state index in [1.165, 1.54) is 17.7 Å². The molecule has 0 bridgehead atoms. The second-order valence-corrected chi connectivity index (χ2v) is 12.2. The molecule has 2 fully saturated rings. The number of imidazole rings is 1. The molecule has 0 saturated carbocycles. The molecule has 2 unspecified atom stereocenters. The number of aromatic amines is 2. The minimum Gasteiger partial charge on any atom is -0.451 e. The van der Waals surface area contributed by atoms with Gasteiger partial charge in [0.25, 0.3) is 0 Å². The van der Waals surface area contributed by atoms with Gasteiger partial charge in [0.05, 0.1) is 17.2 Å². The van der Waals surface area contributed by atoms with Gasteiger partial charge in [0.1, 0.15) is 17.9 Å². The smallest absolute Gasteiger partial charge is 0.323 e. The van der Waals surface area contributed by atoms with Gasteiger partial charge in [-0.3, -0.25) is 4.90 Å². The molecule has 0 aliphatic carbocycles. The summed E-state index contributed by atoms with van der Waals surface area (Å²) in [6.45, 7) is 6.45. The largest absolute Gasteiger partial charge is 0.451 e. The number of ether oxygens (including phenoxy) is 1. The third kappa shape index (κ3) is 5.46. The molecule has 5 aromatic rings. The van der Waals surface area contributed by atoms with E-state index in [0.29, 0.717) is 17.1 Å². The van der Waals surface area contributed by atoms with Crippen molar-refractivity contribution in [2.24, 2.45) is 5.41 Å². The number of H-pyrrole nitrogens is 2. The van der Waals surface area contributed by atoms with Gasteiger partial charge in [0, 0.05) is 49.7 Å². The molecule has 2 aliphatic rings. The van der Waals surface area contributed by atoms with Crippen LogP contribution >= 0.6 is 0 Å². The quantitative estimate of drug-likeness (QED) is 0.219. The van der Waals surface area contributed by atoms with Crippen molar-refractivity contribution in [2.75, 3.05) is 37.7 Å². The van der Waals surface area contributed by atoms with Crippen LogP contribution in [0.4, 0.5) is 10.2 Å². The maximum atomic E-state index is 14.6. The molecule has 2 saturated heterocycles. The van der Waals surface area contributed by atoms with Gasteiger partial charge in [0.2, 0.25) is 0 Å². The number of likely N-dealkylation sites (tertiary alicyclic amines) is 1. The van der Waals surface area contributed by atoms with Gasteiger partial charge < -0.3 is 24.7 Å². The second kappa shape index (κ2) is 11.5. The Morgan fingerprint density at radius 2 is 1.84 bits per heavy atom. The minimum absolute atomic E-state index is 0.0175. The number of aromatic nitrogens is 4. The average molecular weight is 595 g/mol. The Bertz CT molecular complexity index is 1870. The van der Waals surface area contributed by atoms with E-state index in [1.807, 2.05) is 37.3 Å². The third-order valence-electron chi connectivity index (χ3n) is 9.12. The van der Waals surface area contributed by atoms with E-state index < -0.39 is 0 Å². The summed E-state index contributed by atoms with van der Waals surface area (Å²) < 4.78 is 21.0. The van der Waals surface area contributed by atoms with Crippen molar-refractivity contribution in [3.05, 3.63) is 101 Å². The predicted molar refractivity (Wildman–Crippen MR) is 168 cm³/mol. The molecule has 1 spiro atoms. The minimum atomic E-state index is -0.364. The number of nitrogens with zero attached hydrogens (tertiary/aromatic N) is 4. The van der Waals surface area contributed by atoms with Gasteiger partial charge in [-0.2, -0.15) is 0 Å². The van der Waals surface area contributed by atoms with Crippen molar-refractivity contribution in [3.63, 3.8) is 0 Å². The molecular formula is C34H35FN6O3. The molecule has 3 aromatic carbocycles. The van der Waals surface area contributed by atoms with E-state index in [4.69, 9.17) is 4.74 Å². The summed E-state index contributed by atoms with van der Waals surface area (Å²) in [4.78, 5) is 31.0. The number of aliphatic hydroxyl groups is 1. The molecule has 2 aromatic heterocycles. The van der Waals surface area contributed by atoms with E-state index in [2.05, 4.69) is 41.9 Å². The van der Waals surface area contributed by atoms with Crippen molar-refractivity contribution < 1.29 is 14.2 Å². The first kappa shape index (κ1) is 28.2. The topological polar surface area (TPSA) is 110 Å². The van der Waals surface area contributed by atoms with Crippen LogP contribution < -0.4 is 15.3 Å². The van der Waals surface area contributed by atoms with E-state index >= 15 is 0 Å². The summed E-state index contributed by atoms with van der Waals surface area (Å²) >= 11 is 0.